The largest absolute Gasteiger partial charge is 0.493 e. The van der Waals surface area contributed by atoms with Crippen molar-refractivity contribution in [3.05, 3.63) is 11.9 Å². The van der Waals surface area contributed by atoms with Crippen LogP contribution >= 0.6 is 0 Å². The molecular weight excluding hydrogens is 252 g/mol. The van der Waals surface area contributed by atoms with E-state index in [2.05, 4.69) is 47.9 Å². The molecular formula is C15H28N4O. The zero-order valence-corrected chi connectivity index (χ0v) is 13.4. The Bertz CT molecular complexity index is 430. The monoisotopic (exact) mass is 280 g/mol. The van der Waals surface area contributed by atoms with Crippen LogP contribution in [0.25, 0.3) is 0 Å². The maximum atomic E-state index is 5.54. The molecule has 5 nitrogen and oxygen atoms in total. The van der Waals surface area contributed by atoms with Gasteiger partial charge in [0.05, 0.1) is 31.6 Å². The molecule has 0 aliphatic heterocycles. The van der Waals surface area contributed by atoms with Gasteiger partial charge in [-0.15, -0.1) is 0 Å². The van der Waals surface area contributed by atoms with Gasteiger partial charge in [0.25, 0.3) is 0 Å². The van der Waals surface area contributed by atoms with Gasteiger partial charge >= 0.3 is 0 Å². The second kappa shape index (κ2) is 6.59. The Hall–Kier alpha value is -1.07. The van der Waals surface area contributed by atoms with Gasteiger partial charge in [-0.3, -0.25) is 4.68 Å². The number of hydrogen-bond acceptors (Lipinski definition) is 4. The van der Waals surface area contributed by atoms with Crippen LogP contribution in [0, 0.1) is 11.8 Å². The topological polar surface area (TPSA) is 42.3 Å². The Kier molecular flexibility index (Phi) is 5.05. The molecule has 1 aromatic heterocycles. The molecule has 3 atom stereocenters. The van der Waals surface area contributed by atoms with Crippen LogP contribution in [0.2, 0.25) is 0 Å². The van der Waals surface area contributed by atoms with Crippen molar-refractivity contribution in [1.82, 2.24) is 20.0 Å². The quantitative estimate of drug-likeness (QED) is 0.788. The average molecular weight is 280 g/mol. The molecule has 1 aromatic rings. The summed E-state index contributed by atoms with van der Waals surface area (Å²) in [7, 11) is 5.91. The number of hydrogen-bond donors (Lipinski definition) is 1. The van der Waals surface area contributed by atoms with Crippen molar-refractivity contribution in [2.75, 3.05) is 34.3 Å². The van der Waals surface area contributed by atoms with Crippen LogP contribution in [0.4, 0.5) is 0 Å². The number of methoxy groups -OCH3 is 1. The highest BCUT2D eigenvalue weighted by Crippen LogP contribution is 2.48. The normalized spacial score (nSPS) is 23.1. The molecule has 0 saturated heterocycles. The standard InChI is InChI=1S/C15H28N4O/c1-6-16-14(12-9-11(12)2)15-13(20-5)10-17-19(15)8-7-18(3)4/h10-12,14,16H,6-9H2,1-5H3. The summed E-state index contributed by atoms with van der Waals surface area (Å²) in [5.41, 5.74) is 1.21. The van der Waals surface area contributed by atoms with Crippen molar-refractivity contribution >= 4 is 0 Å². The molecule has 0 amide bonds. The predicted octanol–water partition coefficient (Wildman–Crippen LogP) is 1.76. The molecule has 2 rings (SSSR count). The zero-order valence-electron chi connectivity index (χ0n) is 13.4. The Morgan fingerprint density at radius 3 is 2.75 bits per heavy atom. The van der Waals surface area contributed by atoms with Gasteiger partial charge in [0.15, 0.2) is 5.75 Å². The zero-order chi connectivity index (χ0) is 14.7. The predicted molar refractivity (Wildman–Crippen MR) is 81.0 cm³/mol. The number of rotatable bonds is 8. The molecule has 1 heterocycles. The van der Waals surface area contributed by atoms with E-state index >= 15 is 0 Å². The third-order valence-electron chi connectivity index (χ3n) is 4.14. The molecule has 3 unspecified atom stereocenters. The number of nitrogens with zero attached hydrogens (tertiary/aromatic N) is 3. The van der Waals surface area contributed by atoms with Crippen LogP contribution in [-0.2, 0) is 6.54 Å². The molecule has 0 bridgehead atoms. The van der Waals surface area contributed by atoms with E-state index in [1.54, 1.807) is 7.11 Å². The van der Waals surface area contributed by atoms with E-state index in [0.29, 0.717) is 12.0 Å². The molecule has 0 radical (unpaired) electrons. The summed E-state index contributed by atoms with van der Waals surface area (Å²) in [5, 5.41) is 8.15. The lowest BCUT2D eigenvalue weighted by atomic mass is 10.1. The number of nitrogens with one attached hydrogen (secondary N) is 1. The summed E-state index contributed by atoms with van der Waals surface area (Å²) in [4.78, 5) is 2.18. The van der Waals surface area contributed by atoms with Gasteiger partial charge in [-0.05, 0) is 38.9 Å². The van der Waals surface area contributed by atoms with E-state index < -0.39 is 0 Å². The fourth-order valence-electron chi connectivity index (χ4n) is 2.81. The Balaban J connectivity index is 2.23. The minimum atomic E-state index is 0.356. The lowest BCUT2D eigenvalue weighted by molar-refractivity contribution is 0.345. The van der Waals surface area contributed by atoms with Gasteiger partial charge in [-0.1, -0.05) is 13.8 Å². The van der Waals surface area contributed by atoms with E-state index in [-0.39, 0.29) is 0 Å². The molecule has 20 heavy (non-hydrogen) atoms. The Labute approximate surface area is 122 Å². The van der Waals surface area contributed by atoms with Gasteiger partial charge in [-0.25, -0.2) is 0 Å². The minimum Gasteiger partial charge on any atom is -0.493 e. The van der Waals surface area contributed by atoms with Crippen molar-refractivity contribution in [3.8, 4) is 5.75 Å². The molecule has 0 spiro atoms. The fourth-order valence-corrected chi connectivity index (χ4v) is 2.81. The molecule has 1 aliphatic rings. The van der Waals surface area contributed by atoms with Crippen molar-refractivity contribution in [2.24, 2.45) is 11.8 Å². The SMILES string of the molecule is CCNC(c1c(OC)cnn1CCN(C)C)C1CC1C. The van der Waals surface area contributed by atoms with E-state index in [1.807, 2.05) is 6.20 Å². The third kappa shape index (κ3) is 3.33. The van der Waals surface area contributed by atoms with Crippen LogP contribution in [0.1, 0.15) is 32.0 Å². The number of aromatic nitrogens is 2. The molecule has 1 fully saturated rings. The van der Waals surface area contributed by atoms with Gasteiger partial charge in [0.2, 0.25) is 0 Å². The van der Waals surface area contributed by atoms with Crippen LogP contribution < -0.4 is 10.1 Å². The molecule has 5 heteroatoms. The van der Waals surface area contributed by atoms with Gasteiger partial charge in [0, 0.05) is 6.54 Å². The maximum Gasteiger partial charge on any atom is 0.161 e. The summed E-state index contributed by atoms with van der Waals surface area (Å²) >= 11 is 0. The molecule has 0 aromatic carbocycles. The first-order valence-electron chi connectivity index (χ1n) is 7.56. The lowest BCUT2D eigenvalue weighted by Gasteiger charge is -2.21. The summed E-state index contributed by atoms with van der Waals surface area (Å²) in [6, 6.07) is 0.356. The third-order valence-corrected chi connectivity index (χ3v) is 4.14. The Morgan fingerprint density at radius 1 is 1.55 bits per heavy atom. The second-order valence-corrected chi connectivity index (χ2v) is 6.04. The van der Waals surface area contributed by atoms with Gasteiger partial charge in [-0.2, -0.15) is 5.10 Å². The summed E-state index contributed by atoms with van der Waals surface area (Å²) in [5.74, 6) is 2.41. The van der Waals surface area contributed by atoms with Crippen molar-refractivity contribution in [2.45, 2.75) is 32.9 Å². The lowest BCUT2D eigenvalue weighted by Crippen LogP contribution is -2.28. The van der Waals surface area contributed by atoms with Crippen molar-refractivity contribution < 1.29 is 4.74 Å². The van der Waals surface area contributed by atoms with Gasteiger partial charge < -0.3 is 15.0 Å². The van der Waals surface area contributed by atoms with Crippen LogP contribution in [-0.4, -0.2) is 49.0 Å². The molecule has 1 aliphatic carbocycles. The maximum absolute atomic E-state index is 5.54. The van der Waals surface area contributed by atoms with Crippen molar-refractivity contribution in [3.63, 3.8) is 0 Å². The summed E-state index contributed by atoms with van der Waals surface area (Å²) in [6.45, 7) is 7.33. The second-order valence-electron chi connectivity index (χ2n) is 6.04. The highest BCUT2D eigenvalue weighted by atomic mass is 16.5. The number of likely N-dealkylation sites (N-methyl/N-ethyl adjacent to an activating group) is 1. The first-order valence-corrected chi connectivity index (χ1v) is 7.56. The first-order chi connectivity index (χ1) is 9.58. The van der Waals surface area contributed by atoms with E-state index in [1.165, 1.54) is 12.1 Å². The summed E-state index contributed by atoms with van der Waals surface area (Å²) < 4.78 is 7.64. The van der Waals surface area contributed by atoms with E-state index in [0.717, 1.165) is 31.3 Å². The van der Waals surface area contributed by atoms with Crippen LogP contribution in [0.15, 0.2) is 6.20 Å². The van der Waals surface area contributed by atoms with Crippen molar-refractivity contribution in [1.29, 1.82) is 0 Å². The highest BCUT2D eigenvalue weighted by Gasteiger charge is 2.42. The minimum absolute atomic E-state index is 0.356. The highest BCUT2D eigenvalue weighted by molar-refractivity contribution is 5.30. The average Bonchev–Trinajstić information content (AvgIpc) is 3.00. The number of ether oxygens (including phenoxy) is 1. The smallest absolute Gasteiger partial charge is 0.161 e. The van der Waals surface area contributed by atoms with Crippen LogP contribution in [0.5, 0.6) is 5.75 Å². The van der Waals surface area contributed by atoms with E-state index in [4.69, 9.17) is 4.74 Å². The van der Waals surface area contributed by atoms with E-state index in [9.17, 15) is 0 Å². The van der Waals surface area contributed by atoms with Crippen LogP contribution in [0.3, 0.4) is 0 Å². The molecule has 1 saturated carbocycles. The summed E-state index contributed by atoms with van der Waals surface area (Å²) in [6.07, 6.45) is 3.14. The molecule has 114 valence electrons. The van der Waals surface area contributed by atoms with Gasteiger partial charge in [0.1, 0.15) is 0 Å². The first kappa shape index (κ1) is 15.3. The molecule has 1 N–H and O–H groups in total. The Morgan fingerprint density at radius 2 is 2.25 bits per heavy atom. The fraction of sp³-hybridized carbons (Fsp3) is 0.800.